The summed E-state index contributed by atoms with van der Waals surface area (Å²) in [6, 6.07) is 0.365. The summed E-state index contributed by atoms with van der Waals surface area (Å²) < 4.78 is 1.93. The molecule has 110 valence electrons. The van der Waals surface area contributed by atoms with Crippen LogP contribution >= 0.6 is 0 Å². The average Bonchev–Trinajstić information content (AvgIpc) is 2.80. The van der Waals surface area contributed by atoms with Gasteiger partial charge in [-0.15, -0.1) is 0 Å². The van der Waals surface area contributed by atoms with E-state index in [1.54, 1.807) is 12.7 Å². The molecule has 0 saturated carbocycles. The van der Waals surface area contributed by atoms with Gasteiger partial charge in [0.15, 0.2) is 0 Å². The van der Waals surface area contributed by atoms with E-state index in [0.29, 0.717) is 11.5 Å². The largest absolute Gasteiger partial charge is 0.312 e. The molecular formula is C15H30N4. The lowest BCUT2D eigenvalue weighted by atomic mass is 9.90. The van der Waals surface area contributed by atoms with E-state index in [1.165, 1.54) is 19.3 Å². The maximum absolute atomic E-state index is 4.25. The third-order valence-corrected chi connectivity index (χ3v) is 3.87. The molecule has 1 aromatic heterocycles. The number of nitrogens with one attached hydrogen (secondary N) is 1. The van der Waals surface area contributed by atoms with Crippen molar-refractivity contribution < 1.29 is 0 Å². The molecular weight excluding hydrogens is 236 g/mol. The molecule has 0 aromatic carbocycles. The Morgan fingerprint density at radius 1 is 1.16 bits per heavy atom. The molecule has 1 heterocycles. The van der Waals surface area contributed by atoms with Crippen LogP contribution in [0.1, 0.15) is 60.8 Å². The average molecular weight is 266 g/mol. The first-order valence-electron chi connectivity index (χ1n) is 7.32. The number of rotatable bonds is 7. The highest BCUT2D eigenvalue weighted by Gasteiger charge is 2.28. The maximum atomic E-state index is 4.25. The quantitative estimate of drug-likeness (QED) is 0.771. The van der Waals surface area contributed by atoms with Gasteiger partial charge in [0.05, 0.1) is 5.54 Å². The van der Waals surface area contributed by atoms with Gasteiger partial charge >= 0.3 is 0 Å². The van der Waals surface area contributed by atoms with Crippen LogP contribution in [0.4, 0.5) is 0 Å². The van der Waals surface area contributed by atoms with Crippen LogP contribution in [-0.4, -0.2) is 27.4 Å². The van der Waals surface area contributed by atoms with Gasteiger partial charge in [0, 0.05) is 6.04 Å². The first kappa shape index (κ1) is 16.2. The summed E-state index contributed by atoms with van der Waals surface area (Å²) >= 11 is 0. The van der Waals surface area contributed by atoms with Crippen molar-refractivity contribution in [3.05, 3.63) is 12.7 Å². The summed E-state index contributed by atoms with van der Waals surface area (Å²) in [6.45, 7) is 14.6. The van der Waals surface area contributed by atoms with E-state index in [9.17, 15) is 0 Å². The van der Waals surface area contributed by atoms with Crippen molar-refractivity contribution in [3.63, 3.8) is 0 Å². The number of hydrogen-bond acceptors (Lipinski definition) is 3. The lowest BCUT2D eigenvalue weighted by Gasteiger charge is -2.32. The lowest BCUT2D eigenvalue weighted by Crippen LogP contribution is -2.47. The van der Waals surface area contributed by atoms with Crippen LogP contribution in [0.15, 0.2) is 12.7 Å². The number of hydrogen-bond donors (Lipinski definition) is 1. The third-order valence-electron chi connectivity index (χ3n) is 3.87. The molecule has 4 heteroatoms. The zero-order chi connectivity index (χ0) is 14.5. The Morgan fingerprint density at radius 3 is 2.37 bits per heavy atom. The predicted molar refractivity (Wildman–Crippen MR) is 80.1 cm³/mol. The van der Waals surface area contributed by atoms with Crippen LogP contribution in [0.2, 0.25) is 0 Å². The molecule has 0 aliphatic carbocycles. The summed E-state index contributed by atoms with van der Waals surface area (Å²) in [6.07, 6.45) is 7.19. The molecule has 0 aliphatic rings. The van der Waals surface area contributed by atoms with E-state index < -0.39 is 0 Å². The second-order valence-corrected chi connectivity index (χ2v) is 7.19. The molecule has 0 fully saturated rings. The van der Waals surface area contributed by atoms with Crippen molar-refractivity contribution in [2.24, 2.45) is 5.41 Å². The molecule has 1 atom stereocenters. The number of aromatic nitrogens is 3. The van der Waals surface area contributed by atoms with Gasteiger partial charge in [0.2, 0.25) is 0 Å². The van der Waals surface area contributed by atoms with Gasteiger partial charge in [-0.05, 0) is 45.6 Å². The molecule has 4 nitrogen and oxygen atoms in total. The summed E-state index contributed by atoms with van der Waals surface area (Å²) in [5.41, 5.74) is 0.395. The molecule has 0 bridgehead atoms. The number of unbranched alkanes of at least 4 members (excludes halogenated alkanes) is 1. The topological polar surface area (TPSA) is 42.7 Å². The molecule has 0 saturated heterocycles. The summed E-state index contributed by atoms with van der Waals surface area (Å²) in [7, 11) is 0. The maximum Gasteiger partial charge on any atom is 0.137 e. The van der Waals surface area contributed by atoms with Gasteiger partial charge < -0.3 is 5.32 Å². The van der Waals surface area contributed by atoms with Crippen molar-refractivity contribution in [2.45, 2.75) is 72.4 Å². The van der Waals surface area contributed by atoms with Crippen LogP contribution in [0, 0.1) is 5.41 Å². The first-order valence-corrected chi connectivity index (χ1v) is 7.32. The molecule has 0 aliphatic heterocycles. The number of nitrogens with zero attached hydrogens (tertiary/aromatic N) is 3. The van der Waals surface area contributed by atoms with Gasteiger partial charge in [0.1, 0.15) is 12.7 Å². The lowest BCUT2D eigenvalue weighted by molar-refractivity contribution is 0.230. The minimum atomic E-state index is -0.0550. The predicted octanol–water partition coefficient (Wildman–Crippen LogP) is 3.21. The highest BCUT2D eigenvalue weighted by atomic mass is 15.4. The zero-order valence-electron chi connectivity index (χ0n) is 13.4. The molecule has 1 aromatic rings. The normalized spacial score (nSPS) is 14.6. The van der Waals surface area contributed by atoms with Gasteiger partial charge in [-0.2, -0.15) is 5.10 Å². The van der Waals surface area contributed by atoms with Crippen LogP contribution in [0.5, 0.6) is 0 Å². The van der Waals surface area contributed by atoms with Gasteiger partial charge in [0.25, 0.3) is 0 Å². The molecule has 0 radical (unpaired) electrons. The SMILES string of the molecule is CC(NCCCCC(C)(C)C)C(C)(C)n1cncn1. The first-order chi connectivity index (χ1) is 8.73. The molecule has 19 heavy (non-hydrogen) atoms. The molecule has 0 spiro atoms. The summed E-state index contributed by atoms with van der Waals surface area (Å²) in [5, 5.41) is 7.86. The highest BCUT2D eigenvalue weighted by molar-refractivity contribution is 4.86. The standard InChI is InChI=1S/C15H30N4/c1-13(15(5,6)19-12-16-11-18-19)17-10-8-7-9-14(2,3)4/h11-13,17H,7-10H2,1-6H3. The van der Waals surface area contributed by atoms with E-state index in [0.717, 1.165) is 6.54 Å². The monoisotopic (exact) mass is 266 g/mol. The van der Waals surface area contributed by atoms with Gasteiger partial charge in [-0.1, -0.05) is 27.2 Å². The van der Waals surface area contributed by atoms with E-state index in [-0.39, 0.29) is 5.54 Å². The van der Waals surface area contributed by atoms with Crippen molar-refractivity contribution >= 4 is 0 Å². The van der Waals surface area contributed by atoms with Gasteiger partial charge in [-0.3, -0.25) is 0 Å². The Bertz CT molecular complexity index is 349. The zero-order valence-corrected chi connectivity index (χ0v) is 13.4. The molecule has 1 N–H and O–H groups in total. The van der Waals surface area contributed by atoms with Crippen molar-refractivity contribution in [1.29, 1.82) is 0 Å². The van der Waals surface area contributed by atoms with E-state index in [2.05, 4.69) is 56.9 Å². The van der Waals surface area contributed by atoms with Crippen molar-refractivity contribution in [2.75, 3.05) is 6.54 Å². The van der Waals surface area contributed by atoms with Crippen molar-refractivity contribution in [3.8, 4) is 0 Å². The Morgan fingerprint density at radius 2 is 1.84 bits per heavy atom. The molecule has 1 unspecified atom stereocenters. The van der Waals surface area contributed by atoms with Crippen LogP contribution in [0.3, 0.4) is 0 Å². The Balaban J connectivity index is 2.30. The Hall–Kier alpha value is -0.900. The van der Waals surface area contributed by atoms with Crippen LogP contribution in [0.25, 0.3) is 0 Å². The van der Waals surface area contributed by atoms with E-state index in [4.69, 9.17) is 0 Å². The van der Waals surface area contributed by atoms with E-state index in [1.807, 2.05) is 4.68 Å². The second-order valence-electron chi connectivity index (χ2n) is 7.19. The van der Waals surface area contributed by atoms with Crippen molar-refractivity contribution in [1.82, 2.24) is 20.1 Å². The molecule has 1 rings (SSSR count). The Labute approximate surface area is 118 Å². The minimum absolute atomic E-state index is 0.0550. The summed E-state index contributed by atoms with van der Waals surface area (Å²) in [5.74, 6) is 0. The second kappa shape index (κ2) is 6.51. The minimum Gasteiger partial charge on any atom is -0.312 e. The van der Waals surface area contributed by atoms with E-state index >= 15 is 0 Å². The highest BCUT2D eigenvalue weighted by Crippen LogP contribution is 2.21. The smallest absolute Gasteiger partial charge is 0.137 e. The van der Waals surface area contributed by atoms with Gasteiger partial charge in [-0.25, -0.2) is 9.67 Å². The summed E-state index contributed by atoms with van der Waals surface area (Å²) in [4.78, 5) is 4.03. The third kappa shape index (κ3) is 5.31. The fourth-order valence-electron chi connectivity index (χ4n) is 2.05. The molecule has 0 amide bonds. The fraction of sp³-hybridized carbons (Fsp3) is 0.867. The van der Waals surface area contributed by atoms with Crippen LogP contribution < -0.4 is 5.32 Å². The Kier molecular flexibility index (Phi) is 5.53. The fourth-order valence-corrected chi connectivity index (χ4v) is 2.05. The van der Waals surface area contributed by atoms with Crippen LogP contribution in [-0.2, 0) is 5.54 Å².